The number of rotatable bonds is 4. The summed E-state index contributed by atoms with van der Waals surface area (Å²) < 4.78 is 0. The van der Waals surface area contributed by atoms with E-state index < -0.39 is 17.6 Å². The van der Waals surface area contributed by atoms with Gasteiger partial charge >= 0.3 is 6.03 Å². The molecule has 1 heterocycles. The van der Waals surface area contributed by atoms with Crippen molar-refractivity contribution in [3.8, 4) is 0 Å². The summed E-state index contributed by atoms with van der Waals surface area (Å²) in [4.78, 5) is 37.9. The highest BCUT2D eigenvalue weighted by atomic mass is 16.2. The Kier molecular flexibility index (Phi) is 4.31. The van der Waals surface area contributed by atoms with Gasteiger partial charge < -0.3 is 10.6 Å². The normalized spacial score (nSPS) is 20.9. The minimum Gasteiger partial charge on any atom is -0.348 e. The van der Waals surface area contributed by atoms with Crippen LogP contribution in [0.15, 0.2) is 18.2 Å². The number of nitrogens with one attached hydrogen (secondary N) is 2. The van der Waals surface area contributed by atoms with Crippen LogP contribution in [0.5, 0.6) is 0 Å². The Balaban J connectivity index is 1.69. The van der Waals surface area contributed by atoms with Gasteiger partial charge in [0.25, 0.3) is 5.91 Å². The first kappa shape index (κ1) is 17.5. The molecule has 1 aromatic rings. The first-order valence-electron chi connectivity index (χ1n) is 8.78. The molecule has 0 aromatic heterocycles. The quantitative estimate of drug-likeness (QED) is 0.822. The predicted octanol–water partition coefficient (Wildman–Crippen LogP) is 2.07. The van der Waals surface area contributed by atoms with Crippen molar-refractivity contribution in [3.63, 3.8) is 0 Å². The Morgan fingerprint density at radius 1 is 1.20 bits per heavy atom. The predicted molar refractivity (Wildman–Crippen MR) is 93.9 cm³/mol. The third kappa shape index (κ3) is 3.13. The van der Waals surface area contributed by atoms with Gasteiger partial charge in [-0.25, -0.2) is 9.69 Å². The zero-order chi connectivity index (χ0) is 18.4. The number of benzene rings is 1. The van der Waals surface area contributed by atoms with Crippen LogP contribution in [0, 0.1) is 0 Å². The van der Waals surface area contributed by atoms with E-state index in [0.717, 1.165) is 23.3 Å². The fourth-order valence-corrected chi connectivity index (χ4v) is 3.52. The maximum atomic E-state index is 12.6. The molecule has 1 fully saturated rings. The van der Waals surface area contributed by atoms with E-state index in [9.17, 15) is 14.4 Å². The van der Waals surface area contributed by atoms with Crippen LogP contribution in [0.2, 0.25) is 0 Å². The van der Waals surface area contributed by atoms with E-state index in [1.165, 1.54) is 17.5 Å². The fourth-order valence-electron chi connectivity index (χ4n) is 3.52. The SMILES string of the molecule is C[C@H](C(=O)N[C@H](C)c1ccc2c(c1)CCC2)N1C(=O)NC(C)(C)C1=O. The topological polar surface area (TPSA) is 78.5 Å². The van der Waals surface area contributed by atoms with Gasteiger partial charge in [0.15, 0.2) is 0 Å². The number of aryl methyl sites for hydroxylation is 2. The smallest absolute Gasteiger partial charge is 0.325 e. The van der Waals surface area contributed by atoms with Crippen LogP contribution in [-0.2, 0) is 22.4 Å². The third-order valence-electron chi connectivity index (χ3n) is 5.14. The molecule has 0 bridgehead atoms. The maximum Gasteiger partial charge on any atom is 0.325 e. The van der Waals surface area contributed by atoms with Gasteiger partial charge in [-0.2, -0.15) is 0 Å². The standard InChI is InChI=1S/C19H25N3O3/c1-11(14-9-8-13-6-5-7-15(13)10-14)20-16(23)12(2)22-17(24)19(3,4)21-18(22)25/h8-12H,5-7H2,1-4H3,(H,20,23)(H,21,25)/t11-,12-/m1/s1. The van der Waals surface area contributed by atoms with Crippen molar-refractivity contribution >= 4 is 17.8 Å². The van der Waals surface area contributed by atoms with E-state index in [-0.39, 0.29) is 17.9 Å². The van der Waals surface area contributed by atoms with Gasteiger partial charge in [-0.15, -0.1) is 0 Å². The molecule has 1 saturated heterocycles. The van der Waals surface area contributed by atoms with Crippen molar-refractivity contribution in [2.45, 2.75) is 64.6 Å². The van der Waals surface area contributed by atoms with Gasteiger partial charge in [-0.05, 0) is 63.6 Å². The van der Waals surface area contributed by atoms with Crippen molar-refractivity contribution in [2.75, 3.05) is 0 Å². The van der Waals surface area contributed by atoms with Crippen LogP contribution in [-0.4, -0.2) is 34.3 Å². The van der Waals surface area contributed by atoms with Crippen LogP contribution in [0.4, 0.5) is 4.79 Å². The molecule has 1 aliphatic carbocycles. The number of carbonyl (C=O) groups excluding carboxylic acids is 3. The van der Waals surface area contributed by atoms with E-state index in [0.29, 0.717) is 0 Å². The third-order valence-corrected chi connectivity index (χ3v) is 5.14. The number of hydrogen-bond donors (Lipinski definition) is 2. The largest absolute Gasteiger partial charge is 0.348 e. The Labute approximate surface area is 148 Å². The number of fused-ring (bicyclic) bond motifs is 1. The number of amides is 4. The molecule has 4 amide bonds. The monoisotopic (exact) mass is 343 g/mol. The average Bonchev–Trinajstić information content (AvgIpc) is 3.08. The number of imide groups is 1. The first-order chi connectivity index (χ1) is 11.7. The summed E-state index contributed by atoms with van der Waals surface area (Å²) in [5.74, 6) is -0.723. The summed E-state index contributed by atoms with van der Waals surface area (Å²) >= 11 is 0. The summed E-state index contributed by atoms with van der Waals surface area (Å²) in [6.07, 6.45) is 3.38. The molecule has 1 aliphatic heterocycles. The Bertz CT molecular complexity index is 741. The molecule has 0 radical (unpaired) electrons. The molecule has 0 saturated carbocycles. The average molecular weight is 343 g/mol. The lowest BCUT2D eigenvalue weighted by Crippen LogP contribution is -2.49. The van der Waals surface area contributed by atoms with Crippen LogP contribution < -0.4 is 10.6 Å². The van der Waals surface area contributed by atoms with Crippen LogP contribution in [0.3, 0.4) is 0 Å². The van der Waals surface area contributed by atoms with Gasteiger partial charge in [0.2, 0.25) is 5.91 Å². The maximum absolute atomic E-state index is 12.6. The summed E-state index contributed by atoms with van der Waals surface area (Å²) in [5.41, 5.74) is 2.80. The summed E-state index contributed by atoms with van der Waals surface area (Å²) in [6, 6.07) is 4.75. The van der Waals surface area contributed by atoms with E-state index in [2.05, 4.69) is 22.8 Å². The van der Waals surface area contributed by atoms with E-state index >= 15 is 0 Å². The number of urea groups is 1. The molecule has 2 N–H and O–H groups in total. The summed E-state index contributed by atoms with van der Waals surface area (Å²) in [6.45, 7) is 6.75. The minimum atomic E-state index is -0.975. The first-order valence-corrected chi connectivity index (χ1v) is 8.78. The van der Waals surface area contributed by atoms with E-state index in [1.54, 1.807) is 20.8 Å². The fraction of sp³-hybridized carbons (Fsp3) is 0.526. The lowest BCUT2D eigenvalue weighted by Gasteiger charge is -2.24. The van der Waals surface area contributed by atoms with Crippen LogP contribution in [0.1, 0.15) is 56.8 Å². The highest BCUT2D eigenvalue weighted by Crippen LogP contribution is 2.26. The van der Waals surface area contributed by atoms with Gasteiger partial charge in [0, 0.05) is 0 Å². The minimum absolute atomic E-state index is 0.186. The summed E-state index contributed by atoms with van der Waals surface area (Å²) in [7, 11) is 0. The Morgan fingerprint density at radius 3 is 2.52 bits per heavy atom. The molecule has 6 heteroatoms. The highest BCUT2D eigenvalue weighted by molar-refractivity contribution is 6.09. The molecular weight excluding hydrogens is 318 g/mol. The highest BCUT2D eigenvalue weighted by Gasteiger charge is 2.47. The number of nitrogens with zero attached hydrogens (tertiary/aromatic N) is 1. The van der Waals surface area contributed by atoms with E-state index in [1.807, 2.05) is 13.0 Å². The summed E-state index contributed by atoms with van der Waals surface area (Å²) in [5, 5.41) is 5.52. The second-order valence-corrected chi connectivity index (χ2v) is 7.52. The molecule has 3 rings (SSSR count). The molecular formula is C19H25N3O3. The van der Waals surface area contributed by atoms with Crippen molar-refractivity contribution in [3.05, 3.63) is 34.9 Å². The van der Waals surface area contributed by atoms with Gasteiger partial charge in [0.05, 0.1) is 6.04 Å². The van der Waals surface area contributed by atoms with Crippen molar-refractivity contribution in [2.24, 2.45) is 0 Å². The van der Waals surface area contributed by atoms with Crippen molar-refractivity contribution in [1.29, 1.82) is 0 Å². The zero-order valence-corrected chi connectivity index (χ0v) is 15.2. The number of carbonyl (C=O) groups is 3. The van der Waals surface area contributed by atoms with Crippen LogP contribution in [0.25, 0.3) is 0 Å². The Morgan fingerprint density at radius 2 is 1.88 bits per heavy atom. The lowest BCUT2D eigenvalue weighted by molar-refractivity contribution is -0.137. The van der Waals surface area contributed by atoms with Gasteiger partial charge in [-0.1, -0.05) is 18.2 Å². The zero-order valence-electron chi connectivity index (χ0n) is 15.2. The molecule has 134 valence electrons. The van der Waals surface area contributed by atoms with Gasteiger partial charge in [-0.3, -0.25) is 9.59 Å². The van der Waals surface area contributed by atoms with Crippen molar-refractivity contribution < 1.29 is 14.4 Å². The lowest BCUT2D eigenvalue weighted by atomic mass is 10.0. The number of hydrogen-bond acceptors (Lipinski definition) is 3. The second-order valence-electron chi connectivity index (χ2n) is 7.52. The molecule has 0 unspecified atom stereocenters. The molecule has 1 aromatic carbocycles. The molecule has 25 heavy (non-hydrogen) atoms. The molecule has 2 atom stereocenters. The second kappa shape index (κ2) is 6.17. The molecule has 0 spiro atoms. The molecule has 2 aliphatic rings. The van der Waals surface area contributed by atoms with Gasteiger partial charge in [0.1, 0.15) is 11.6 Å². The Hall–Kier alpha value is -2.37. The van der Waals surface area contributed by atoms with E-state index in [4.69, 9.17) is 0 Å². The molecule has 6 nitrogen and oxygen atoms in total. The van der Waals surface area contributed by atoms with Crippen LogP contribution >= 0.6 is 0 Å². The van der Waals surface area contributed by atoms with Crippen molar-refractivity contribution in [1.82, 2.24) is 15.5 Å².